The zero-order valence-electron chi connectivity index (χ0n) is 28.6. The Morgan fingerprint density at radius 1 is 0.321 bits per heavy atom. The van der Waals surface area contributed by atoms with E-state index in [1.54, 1.807) is 109 Å². The van der Waals surface area contributed by atoms with E-state index >= 15 is 0 Å². The molecule has 0 saturated heterocycles. The summed E-state index contributed by atoms with van der Waals surface area (Å²) in [6.45, 7) is 0. The molecular weight excluding hydrogens is 867 g/mol. The predicted octanol–water partition coefficient (Wildman–Crippen LogP) is -3.97. The third kappa shape index (κ3) is 9.52. The summed E-state index contributed by atoms with van der Waals surface area (Å²) >= 11 is 0. The van der Waals surface area contributed by atoms with Gasteiger partial charge in [0.25, 0.3) is 0 Å². The third-order valence-corrected chi connectivity index (χ3v) is 8.75. The molecule has 6 aromatic carbocycles. The third-order valence-electron chi connectivity index (χ3n) is 8.75. The van der Waals surface area contributed by atoms with Gasteiger partial charge in [0.1, 0.15) is 34.5 Å². The molecule has 0 spiro atoms. The maximum Gasteiger partial charge on any atom is 3.00 e. The molecule has 56 heavy (non-hydrogen) atoms. The summed E-state index contributed by atoms with van der Waals surface area (Å²) in [5.74, 6) is -2.07. The van der Waals surface area contributed by atoms with Gasteiger partial charge < -0.3 is 81.1 Å². The van der Waals surface area contributed by atoms with E-state index in [0.29, 0.717) is 67.9 Å². The van der Waals surface area contributed by atoms with E-state index in [4.69, 9.17) is 14.2 Å². The Morgan fingerprint density at radius 2 is 0.464 bits per heavy atom. The van der Waals surface area contributed by atoms with E-state index in [2.05, 4.69) is 0 Å². The first-order chi connectivity index (χ1) is 24.8. The maximum atomic E-state index is 11.3. The van der Waals surface area contributed by atoms with Crippen LogP contribution in [-0.2, 0) is 48.5 Å². The summed E-state index contributed by atoms with van der Waals surface area (Å²) in [6.07, 6.45) is 0. The molecule has 3 aliphatic rings. The molecule has 3 aliphatic heterocycles. The molecule has 0 N–H and O–H groups in total. The Hall–Kier alpha value is -4.96. The number of rotatable bonds is 3. The predicted molar refractivity (Wildman–Crippen MR) is 179 cm³/mol. The molecular formula is C42H27Cl3Fe2O9. The summed E-state index contributed by atoms with van der Waals surface area (Å²) < 4.78 is 17.0. The van der Waals surface area contributed by atoms with Crippen LogP contribution in [0.1, 0.15) is 51.1 Å². The monoisotopic (exact) mass is 892 g/mol. The van der Waals surface area contributed by atoms with Crippen molar-refractivity contribution >= 4 is 17.9 Å². The number of benzene rings is 6. The number of carbonyl (C=O) groups is 3. The molecule has 0 bridgehead atoms. The minimum absolute atomic E-state index is 0. The summed E-state index contributed by atoms with van der Waals surface area (Å²) in [5, 5.41) is 33.9. The first-order valence-electron chi connectivity index (χ1n) is 16.0. The molecule has 2 radical (unpaired) electrons. The maximum absolute atomic E-state index is 11.3. The van der Waals surface area contributed by atoms with Crippen molar-refractivity contribution in [2.24, 2.45) is 0 Å². The topological polar surface area (TPSA) is 148 Å². The molecule has 0 amide bonds. The number of ether oxygens (including phenoxy) is 3. The van der Waals surface area contributed by atoms with Crippen LogP contribution in [-0.4, -0.2) is 17.9 Å². The van der Waals surface area contributed by atoms with Crippen molar-refractivity contribution < 1.29 is 115 Å². The summed E-state index contributed by atoms with van der Waals surface area (Å²) in [7, 11) is 0. The van der Waals surface area contributed by atoms with E-state index in [1.165, 1.54) is 0 Å². The molecule has 0 atom stereocenters. The Bertz CT molecular complexity index is 1920. The van der Waals surface area contributed by atoms with E-state index in [9.17, 15) is 29.7 Å². The Kier molecular flexibility index (Phi) is 17.5. The Balaban J connectivity index is 0.000000278. The molecule has 0 aliphatic carbocycles. The minimum Gasteiger partial charge on any atom is -1.00 e. The fourth-order valence-electron chi connectivity index (χ4n) is 6.49. The molecule has 0 aromatic heterocycles. The van der Waals surface area contributed by atoms with Crippen LogP contribution in [0.25, 0.3) is 0 Å². The van der Waals surface area contributed by atoms with Crippen molar-refractivity contribution in [3.8, 4) is 34.5 Å². The number of fused-ring (bicyclic) bond motifs is 6. The van der Waals surface area contributed by atoms with Gasteiger partial charge in [-0.3, -0.25) is 0 Å². The van der Waals surface area contributed by atoms with Crippen LogP contribution in [0, 0.1) is 0 Å². The van der Waals surface area contributed by atoms with Crippen LogP contribution in [0.15, 0.2) is 146 Å². The number of carboxylic acid groups (broad SMARTS) is 3. The zero-order chi connectivity index (χ0) is 35.5. The van der Waals surface area contributed by atoms with Crippen LogP contribution in [0.4, 0.5) is 0 Å². The fraction of sp³-hybridized carbons (Fsp3) is 0.0714. The summed E-state index contributed by atoms with van der Waals surface area (Å²) in [5.41, 5.74) is 3.87. The quantitative estimate of drug-likeness (QED) is 0.163. The van der Waals surface area contributed by atoms with Crippen LogP contribution >= 0.6 is 0 Å². The number of aliphatic carboxylic acids is 3. The summed E-state index contributed by atoms with van der Waals surface area (Å²) in [4.78, 5) is 33.9. The molecule has 0 unspecified atom stereocenters. The van der Waals surface area contributed by atoms with Gasteiger partial charge in [0.2, 0.25) is 0 Å². The molecule has 0 saturated carbocycles. The minimum atomic E-state index is -1.10. The largest absolute Gasteiger partial charge is 3.00 e. The van der Waals surface area contributed by atoms with Crippen molar-refractivity contribution in [3.63, 3.8) is 0 Å². The van der Waals surface area contributed by atoms with Crippen LogP contribution in [0.3, 0.4) is 0 Å². The van der Waals surface area contributed by atoms with Gasteiger partial charge in [0.05, 0.1) is 35.7 Å². The number of hydrogen-bond donors (Lipinski definition) is 0. The van der Waals surface area contributed by atoms with Gasteiger partial charge in [-0.1, -0.05) is 109 Å². The van der Waals surface area contributed by atoms with Crippen LogP contribution < -0.4 is 66.8 Å². The van der Waals surface area contributed by atoms with Gasteiger partial charge in [-0.05, 0) is 36.4 Å². The van der Waals surface area contributed by atoms with Gasteiger partial charge in [0.15, 0.2) is 0 Å². The van der Waals surface area contributed by atoms with E-state index < -0.39 is 35.7 Å². The Morgan fingerprint density at radius 3 is 0.607 bits per heavy atom. The average Bonchev–Trinajstić information content (AvgIpc) is 3.15. The van der Waals surface area contributed by atoms with Crippen molar-refractivity contribution in [2.45, 2.75) is 17.8 Å². The van der Waals surface area contributed by atoms with E-state index in [0.717, 1.165) is 0 Å². The van der Waals surface area contributed by atoms with Gasteiger partial charge in [-0.25, -0.2) is 0 Å². The molecule has 286 valence electrons. The molecule has 6 aromatic rings. The number of hydrogen-bond acceptors (Lipinski definition) is 9. The van der Waals surface area contributed by atoms with Crippen molar-refractivity contribution in [1.29, 1.82) is 0 Å². The van der Waals surface area contributed by atoms with Gasteiger partial charge in [0, 0.05) is 33.4 Å². The van der Waals surface area contributed by atoms with Crippen molar-refractivity contribution in [1.82, 2.24) is 0 Å². The average molecular weight is 894 g/mol. The van der Waals surface area contributed by atoms with Crippen LogP contribution in [0.5, 0.6) is 34.5 Å². The first-order valence-corrected chi connectivity index (χ1v) is 16.0. The Labute approximate surface area is 362 Å². The molecule has 0 fully saturated rings. The smallest absolute Gasteiger partial charge is 1.00 e. The standard InChI is InChI=1S/3C14H10O3.3ClH.2Fe/c3*15-14(16)13-9-5-1-3-7-11(9)17-12-8-4-2-6-10(12)13;;;;;/h3*1-8,13H,(H,15,16);3*1H;;/q;;;;;;2*+3/p-6. The fourth-order valence-corrected chi connectivity index (χ4v) is 6.49. The number of para-hydroxylation sites is 6. The normalized spacial score (nSPS) is 12.2. The second-order valence-electron chi connectivity index (χ2n) is 11.8. The SMILES string of the molecule is O=C([O-])C1c2ccccc2Oc2ccccc21.O=C([O-])C1c2ccccc2Oc2ccccc21.O=C([O-])C1c2ccccc2Oc2ccccc21.[Cl-].[Cl-].[Cl-].[Fe+3].[Fe+3]. The van der Waals surface area contributed by atoms with Gasteiger partial charge in [-0.2, -0.15) is 0 Å². The number of carbonyl (C=O) groups excluding carboxylic acids is 3. The first kappa shape index (κ1) is 47.2. The summed E-state index contributed by atoms with van der Waals surface area (Å²) in [6, 6.07) is 42.8. The molecule has 9 rings (SSSR count). The van der Waals surface area contributed by atoms with Crippen molar-refractivity contribution in [3.05, 3.63) is 179 Å². The van der Waals surface area contributed by atoms with Crippen molar-refractivity contribution in [2.75, 3.05) is 0 Å². The zero-order valence-corrected chi connectivity index (χ0v) is 33.1. The second-order valence-corrected chi connectivity index (χ2v) is 11.8. The van der Waals surface area contributed by atoms with Gasteiger partial charge in [-0.15, -0.1) is 0 Å². The molecule has 9 nitrogen and oxygen atoms in total. The molecule has 3 heterocycles. The second kappa shape index (κ2) is 20.8. The van der Waals surface area contributed by atoms with E-state index in [1.807, 2.05) is 36.4 Å². The molecule has 14 heteroatoms. The van der Waals surface area contributed by atoms with E-state index in [-0.39, 0.29) is 71.4 Å². The number of halogens is 3. The number of carboxylic acids is 3. The van der Waals surface area contributed by atoms with Crippen LogP contribution in [0.2, 0.25) is 0 Å². The van der Waals surface area contributed by atoms with Gasteiger partial charge >= 0.3 is 34.1 Å².